The van der Waals surface area contributed by atoms with Crippen LogP contribution in [0.2, 0.25) is 0 Å². The lowest BCUT2D eigenvalue weighted by atomic mass is 9.70. The molecule has 0 heterocycles. The lowest BCUT2D eigenvalue weighted by molar-refractivity contribution is 0.190. The van der Waals surface area contributed by atoms with Crippen LogP contribution in [0.5, 0.6) is 0 Å². The Morgan fingerprint density at radius 3 is 1.79 bits per heavy atom. The summed E-state index contributed by atoms with van der Waals surface area (Å²) in [5.41, 5.74) is 2.98. The maximum absolute atomic E-state index is 15.5. The molecule has 0 spiro atoms. The molecular weight excluding hydrogens is 604 g/mol. The standard InChI is InChI=1S/C44H54F4/c1-3-5-7-8-9-10-11-12-14-37-27-28-38(42(46)41(37)45)35-23-25-36(26-24-35)40-30-29-39(43(47)44(40)48)34-21-19-33(20-22-34)32-17-15-31(16-18-32)13-6-4-2/h4,21,23-33H,2-3,5-20,22H2,1H3. The molecule has 1 saturated carbocycles. The van der Waals surface area contributed by atoms with Crippen molar-refractivity contribution in [3.63, 3.8) is 0 Å². The maximum atomic E-state index is 15.5. The number of benzene rings is 3. The van der Waals surface area contributed by atoms with Crippen LogP contribution in [0.25, 0.3) is 27.8 Å². The van der Waals surface area contributed by atoms with E-state index in [-0.39, 0.29) is 11.1 Å². The molecule has 0 N–H and O–H groups in total. The molecule has 258 valence electrons. The Balaban J connectivity index is 1.18. The van der Waals surface area contributed by atoms with Gasteiger partial charge in [0.2, 0.25) is 0 Å². The predicted molar refractivity (Wildman–Crippen MR) is 194 cm³/mol. The Morgan fingerprint density at radius 2 is 1.19 bits per heavy atom. The van der Waals surface area contributed by atoms with E-state index in [2.05, 4.69) is 19.6 Å². The molecule has 2 aliphatic rings. The van der Waals surface area contributed by atoms with Crippen molar-refractivity contribution in [2.24, 2.45) is 17.8 Å². The zero-order valence-corrected chi connectivity index (χ0v) is 29.0. The summed E-state index contributed by atoms with van der Waals surface area (Å²) >= 11 is 0. The smallest absolute Gasteiger partial charge is 0.167 e. The third kappa shape index (κ3) is 9.10. The maximum Gasteiger partial charge on any atom is 0.167 e. The van der Waals surface area contributed by atoms with Crippen molar-refractivity contribution in [3.05, 3.63) is 102 Å². The summed E-state index contributed by atoms with van der Waals surface area (Å²) in [6.07, 6.45) is 24.1. The van der Waals surface area contributed by atoms with E-state index in [1.54, 1.807) is 48.5 Å². The molecule has 3 aromatic rings. The first-order valence-corrected chi connectivity index (χ1v) is 18.8. The summed E-state index contributed by atoms with van der Waals surface area (Å²) in [6.45, 7) is 6.06. The first kappa shape index (κ1) is 36.1. The van der Waals surface area contributed by atoms with Crippen molar-refractivity contribution in [2.45, 2.75) is 122 Å². The van der Waals surface area contributed by atoms with Gasteiger partial charge < -0.3 is 0 Å². The van der Waals surface area contributed by atoms with Gasteiger partial charge in [-0.3, -0.25) is 0 Å². The molecule has 1 atom stereocenters. The van der Waals surface area contributed by atoms with E-state index in [0.717, 1.165) is 62.4 Å². The number of allylic oxidation sites excluding steroid dienone is 3. The van der Waals surface area contributed by atoms with Crippen molar-refractivity contribution in [1.82, 2.24) is 0 Å². The summed E-state index contributed by atoms with van der Waals surface area (Å²) in [5, 5.41) is 0. The van der Waals surface area contributed by atoms with E-state index in [9.17, 15) is 4.39 Å². The normalized spacial score (nSPS) is 19.7. The third-order valence-corrected chi connectivity index (χ3v) is 11.2. The SMILES string of the molecule is C=CCCC1CCC(C2CC=C(c3ccc(-c4ccc(-c5ccc(CCCCCCCCCC)c(F)c5F)cc4)c(F)c3F)CC2)CC1. The number of halogens is 4. The molecule has 0 radical (unpaired) electrons. The highest BCUT2D eigenvalue weighted by Crippen LogP contribution is 2.43. The summed E-state index contributed by atoms with van der Waals surface area (Å²) in [4.78, 5) is 0. The minimum absolute atomic E-state index is 0.165. The van der Waals surface area contributed by atoms with Gasteiger partial charge in [0.25, 0.3) is 0 Å². The molecule has 2 aliphatic carbocycles. The summed E-state index contributed by atoms with van der Waals surface area (Å²) in [6, 6.07) is 13.2. The Labute approximate surface area is 286 Å². The van der Waals surface area contributed by atoms with E-state index in [0.29, 0.717) is 34.6 Å². The minimum Gasteiger partial charge on any atom is -0.203 e. The fourth-order valence-electron chi connectivity index (χ4n) is 8.13. The first-order chi connectivity index (χ1) is 23.4. The van der Waals surface area contributed by atoms with Crippen molar-refractivity contribution in [1.29, 1.82) is 0 Å². The van der Waals surface area contributed by atoms with Gasteiger partial charge in [-0.2, -0.15) is 0 Å². The lowest BCUT2D eigenvalue weighted by Gasteiger charge is -2.35. The molecule has 3 aromatic carbocycles. The van der Waals surface area contributed by atoms with Gasteiger partial charge in [0.05, 0.1) is 0 Å². The monoisotopic (exact) mass is 658 g/mol. The van der Waals surface area contributed by atoms with Gasteiger partial charge >= 0.3 is 0 Å². The van der Waals surface area contributed by atoms with E-state index < -0.39 is 23.3 Å². The second-order valence-electron chi connectivity index (χ2n) is 14.4. The van der Waals surface area contributed by atoms with Crippen LogP contribution < -0.4 is 0 Å². The zero-order valence-electron chi connectivity index (χ0n) is 29.0. The Hall–Kier alpha value is -3.14. The van der Waals surface area contributed by atoms with Crippen molar-refractivity contribution in [3.8, 4) is 22.3 Å². The fraction of sp³-hybridized carbons (Fsp3) is 0.500. The van der Waals surface area contributed by atoms with Crippen LogP contribution >= 0.6 is 0 Å². The summed E-state index contributed by atoms with van der Waals surface area (Å²) in [7, 11) is 0. The van der Waals surface area contributed by atoms with E-state index in [4.69, 9.17) is 0 Å². The Morgan fingerprint density at radius 1 is 0.625 bits per heavy atom. The molecule has 1 fully saturated rings. The molecule has 4 heteroatoms. The highest BCUT2D eigenvalue weighted by atomic mass is 19.2. The number of aryl methyl sites for hydroxylation is 1. The van der Waals surface area contributed by atoms with Crippen LogP contribution in [-0.4, -0.2) is 0 Å². The number of hydrogen-bond acceptors (Lipinski definition) is 0. The van der Waals surface area contributed by atoms with E-state index >= 15 is 13.2 Å². The molecule has 0 nitrogen and oxygen atoms in total. The lowest BCUT2D eigenvalue weighted by Crippen LogP contribution is -2.23. The third-order valence-electron chi connectivity index (χ3n) is 11.2. The van der Waals surface area contributed by atoms with Crippen LogP contribution in [0.3, 0.4) is 0 Å². The number of hydrogen-bond donors (Lipinski definition) is 0. The summed E-state index contributed by atoms with van der Waals surface area (Å²) in [5.74, 6) is -1.15. The first-order valence-electron chi connectivity index (χ1n) is 18.8. The highest BCUT2D eigenvalue weighted by Gasteiger charge is 2.29. The van der Waals surface area contributed by atoms with Crippen LogP contribution in [0.4, 0.5) is 17.6 Å². The average molecular weight is 659 g/mol. The second-order valence-corrected chi connectivity index (χ2v) is 14.4. The average Bonchev–Trinajstić information content (AvgIpc) is 3.12. The van der Waals surface area contributed by atoms with Gasteiger partial charge in [0.1, 0.15) is 0 Å². The van der Waals surface area contributed by atoms with Gasteiger partial charge in [0, 0.05) is 16.7 Å². The molecule has 0 bridgehead atoms. The van der Waals surface area contributed by atoms with Gasteiger partial charge in [0.15, 0.2) is 23.3 Å². The topological polar surface area (TPSA) is 0 Å². The summed E-state index contributed by atoms with van der Waals surface area (Å²) < 4.78 is 61.1. The van der Waals surface area contributed by atoms with Crippen LogP contribution in [0.15, 0.2) is 67.3 Å². The molecule has 1 unspecified atom stereocenters. The van der Waals surface area contributed by atoms with Crippen LogP contribution in [0, 0.1) is 41.0 Å². The molecule has 48 heavy (non-hydrogen) atoms. The number of unbranched alkanes of at least 4 members (excludes halogenated alkanes) is 7. The van der Waals surface area contributed by atoms with Gasteiger partial charge in [-0.15, -0.1) is 6.58 Å². The molecule has 0 aromatic heterocycles. The second kappa shape index (κ2) is 18.0. The quantitative estimate of drug-likeness (QED) is 0.0816. The van der Waals surface area contributed by atoms with Crippen LogP contribution in [-0.2, 0) is 6.42 Å². The van der Waals surface area contributed by atoms with Gasteiger partial charge in [-0.1, -0.05) is 125 Å². The Kier molecular flexibility index (Phi) is 13.6. The molecule has 0 aliphatic heterocycles. The predicted octanol–water partition coefficient (Wildman–Crippen LogP) is 14.2. The van der Waals surface area contributed by atoms with Gasteiger partial charge in [-0.05, 0) is 97.8 Å². The van der Waals surface area contributed by atoms with Crippen molar-refractivity contribution in [2.75, 3.05) is 0 Å². The molecular formula is C44H54F4. The van der Waals surface area contributed by atoms with Crippen molar-refractivity contribution < 1.29 is 17.6 Å². The molecule has 0 saturated heterocycles. The van der Waals surface area contributed by atoms with E-state index in [1.165, 1.54) is 64.2 Å². The highest BCUT2D eigenvalue weighted by molar-refractivity contribution is 5.74. The zero-order chi connectivity index (χ0) is 33.9. The van der Waals surface area contributed by atoms with Gasteiger partial charge in [-0.25, -0.2) is 17.6 Å². The number of rotatable bonds is 16. The van der Waals surface area contributed by atoms with Crippen LogP contribution in [0.1, 0.15) is 127 Å². The minimum atomic E-state index is -0.872. The van der Waals surface area contributed by atoms with Crippen molar-refractivity contribution >= 4 is 5.57 Å². The fourth-order valence-corrected chi connectivity index (χ4v) is 8.13. The molecule has 5 rings (SSSR count). The largest absolute Gasteiger partial charge is 0.203 e. The van der Waals surface area contributed by atoms with E-state index in [1.807, 2.05) is 6.08 Å². The Bertz CT molecular complexity index is 1510. The molecule has 0 amide bonds.